The number of amides is 4. The molecule has 0 unspecified atom stereocenters. The first-order valence-electron chi connectivity index (χ1n) is 41.4. The van der Waals surface area contributed by atoms with E-state index < -0.39 is 129 Å². The lowest BCUT2D eigenvalue weighted by atomic mass is 10.0. The predicted molar refractivity (Wildman–Crippen MR) is 492 cm³/mol. The number of carbonyl (C=O) groups excluding carboxylic acids is 4. The summed E-state index contributed by atoms with van der Waals surface area (Å²) in [6.45, 7) is 1.85. The van der Waals surface area contributed by atoms with Crippen LogP contribution < -0.4 is 43.0 Å². The average molecular weight is 2160 g/mol. The van der Waals surface area contributed by atoms with Crippen LogP contribution in [0.3, 0.4) is 0 Å². The van der Waals surface area contributed by atoms with Gasteiger partial charge in [-0.3, -0.25) is 29.0 Å². The molecule has 145 heavy (non-hydrogen) atoms. The number of pyridine rings is 3. The van der Waals surface area contributed by atoms with Gasteiger partial charge in [0, 0.05) is 104 Å². The molecule has 12 aromatic rings. The van der Waals surface area contributed by atoms with Gasteiger partial charge in [0.05, 0.1) is 134 Å². The number of aromatic nitrogens is 11. The van der Waals surface area contributed by atoms with Gasteiger partial charge in [-0.05, 0) is 152 Å². The Kier molecular flexibility index (Phi) is 34.4. The minimum atomic E-state index is -4.81. The largest absolute Gasteiger partial charge is 0.435 e. The number of anilines is 11. The van der Waals surface area contributed by atoms with Gasteiger partial charge < -0.3 is 47.9 Å². The van der Waals surface area contributed by atoms with Crippen molar-refractivity contribution in [2.75, 3.05) is 105 Å². The number of fused-ring (bicyclic) bond motifs is 12. The lowest BCUT2D eigenvalue weighted by Gasteiger charge is -2.16. The molecule has 0 atom stereocenters. The van der Waals surface area contributed by atoms with Gasteiger partial charge >= 0.3 is 49.4 Å². The molecule has 11 heterocycles. The van der Waals surface area contributed by atoms with Gasteiger partial charge in [-0.2, -0.15) is 105 Å². The van der Waals surface area contributed by atoms with Crippen LogP contribution in [0.25, 0.3) is 45.0 Å². The molecule has 53 heteroatoms. The number of aryl methyl sites for hydroxylation is 1. The Morgan fingerprint density at radius 1 is 0.393 bits per heavy atom. The van der Waals surface area contributed by atoms with Crippen LogP contribution in [-0.4, -0.2) is 155 Å². The van der Waals surface area contributed by atoms with Crippen LogP contribution in [0.4, 0.5) is 169 Å². The van der Waals surface area contributed by atoms with E-state index >= 15 is 0 Å². The zero-order valence-corrected chi connectivity index (χ0v) is 78.1. The fourth-order valence-corrected chi connectivity index (χ4v) is 14.7. The number of nitrogen functional groups attached to an aromatic ring is 1. The summed E-state index contributed by atoms with van der Waals surface area (Å²) in [5.41, 5.74) is -0.461. The summed E-state index contributed by atoms with van der Waals surface area (Å²) in [5, 5.41) is 17.3. The second kappa shape index (κ2) is 45.1. The summed E-state index contributed by atoms with van der Waals surface area (Å²) in [5.74, 6) is 5.06. The Bertz CT molecular complexity index is 6990. The topological polar surface area (TPSA) is 330 Å². The van der Waals surface area contributed by atoms with Gasteiger partial charge in [0.2, 0.25) is 47.4 Å². The van der Waals surface area contributed by atoms with E-state index in [0.717, 1.165) is 110 Å². The third-order valence-corrected chi connectivity index (χ3v) is 21.1. The van der Waals surface area contributed by atoms with E-state index in [2.05, 4.69) is 126 Å². The van der Waals surface area contributed by atoms with E-state index in [1.54, 1.807) is 19.0 Å². The number of carbonyl (C=O) groups is 4. The summed E-state index contributed by atoms with van der Waals surface area (Å²) in [7, 11) is 11.2. The number of terminal acetylenes is 1. The molecular weight excluding hydrogens is 2080 g/mol. The van der Waals surface area contributed by atoms with Crippen molar-refractivity contribution in [3.63, 3.8) is 0 Å². The van der Waals surface area contributed by atoms with Gasteiger partial charge in [-0.25, -0.2) is 54.8 Å². The molecule has 7 aromatic heterocycles. The third-order valence-electron chi connectivity index (χ3n) is 20.0. The summed E-state index contributed by atoms with van der Waals surface area (Å²) < 4.78 is 314. The summed E-state index contributed by atoms with van der Waals surface area (Å²) in [6.07, 6.45) is -23.6. The molecule has 26 nitrogen and oxygen atoms in total. The second-order valence-electron chi connectivity index (χ2n) is 32.0. The first-order chi connectivity index (χ1) is 67.6. The molecule has 0 spiro atoms. The predicted octanol–water partition coefficient (Wildman–Crippen LogP) is 22.3. The molecule has 4 aliphatic heterocycles. The van der Waals surface area contributed by atoms with Crippen LogP contribution in [0, 0.1) is 24.2 Å². The van der Waals surface area contributed by atoms with Crippen molar-refractivity contribution in [1.82, 2.24) is 69.5 Å². The van der Waals surface area contributed by atoms with E-state index in [-0.39, 0.29) is 139 Å². The molecule has 4 aliphatic rings. The number of nitrogens with zero attached hydrogens (tertiary/aromatic N) is 14. The monoisotopic (exact) mass is 2150 g/mol. The highest BCUT2D eigenvalue weighted by Crippen LogP contribution is 2.47. The molecule has 0 fully saturated rings. The summed E-state index contributed by atoms with van der Waals surface area (Å²) in [6, 6.07) is 18.2. The van der Waals surface area contributed by atoms with Crippen molar-refractivity contribution in [3.05, 3.63) is 245 Å². The number of halogens is 27. The van der Waals surface area contributed by atoms with E-state index in [9.17, 15) is 125 Å². The van der Waals surface area contributed by atoms with E-state index in [0.29, 0.717) is 52.9 Å². The number of benzene rings is 5. The van der Waals surface area contributed by atoms with Crippen LogP contribution in [-0.2, 0) is 101 Å². The van der Waals surface area contributed by atoms with Crippen molar-refractivity contribution < 1.29 is 126 Å². The van der Waals surface area contributed by atoms with Crippen LogP contribution in [0.1, 0.15) is 86.1 Å². The van der Waals surface area contributed by atoms with Crippen LogP contribution in [0.15, 0.2) is 157 Å². The summed E-state index contributed by atoms with van der Waals surface area (Å²) >= 11 is 14.0. The number of nitrogens with two attached hydrogens (primary N) is 1. The molecule has 764 valence electrons. The molecule has 0 radical (unpaired) electrons. The molecule has 9 N–H and O–H groups in total. The zero-order chi connectivity index (χ0) is 107. The number of hydrogen-bond donors (Lipinski definition) is 8. The molecule has 0 saturated heterocycles. The molecule has 4 amide bonds. The van der Waals surface area contributed by atoms with Crippen molar-refractivity contribution in [1.29, 1.82) is 0 Å². The minimum Gasteiger partial charge on any atom is -0.368 e. The van der Waals surface area contributed by atoms with Crippen molar-refractivity contribution >= 4 is 126 Å². The first-order valence-corrected chi connectivity index (χ1v) is 42.9. The Labute approximate surface area is 825 Å². The fraction of sp³-hybridized carbons (Fsp3) is 0.250. The van der Waals surface area contributed by atoms with E-state index in [1.165, 1.54) is 55.2 Å². The molecule has 16 rings (SSSR count). The second-order valence-corrected chi connectivity index (χ2v) is 33.8. The van der Waals surface area contributed by atoms with Crippen LogP contribution >= 0.6 is 39.1 Å². The maximum Gasteiger partial charge on any atom is 0.435 e. The van der Waals surface area contributed by atoms with E-state index in [4.69, 9.17) is 35.4 Å². The Morgan fingerprint density at radius 3 is 1.07 bits per heavy atom. The fourth-order valence-electron chi connectivity index (χ4n) is 13.6. The van der Waals surface area contributed by atoms with Gasteiger partial charge in [-0.1, -0.05) is 81.2 Å². The number of alkyl halides is 24. The van der Waals surface area contributed by atoms with Crippen molar-refractivity contribution in [2.24, 2.45) is 0 Å². The summed E-state index contributed by atoms with van der Waals surface area (Å²) in [4.78, 5) is 97.0. The lowest BCUT2D eigenvalue weighted by Crippen LogP contribution is -2.15. The third kappa shape index (κ3) is 30.0. The highest BCUT2D eigenvalue weighted by Gasteiger charge is 2.42. The van der Waals surface area contributed by atoms with Crippen molar-refractivity contribution in [3.8, 4) is 69.2 Å². The van der Waals surface area contributed by atoms with Gasteiger partial charge in [0.15, 0.2) is 17.1 Å². The minimum absolute atomic E-state index is 0. The van der Waals surface area contributed by atoms with Crippen molar-refractivity contribution in [2.45, 2.75) is 87.9 Å². The van der Waals surface area contributed by atoms with Crippen LogP contribution in [0.5, 0.6) is 0 Å². The highest BCUT2D eigenvalue weighted by atomic mass is 79.9. The maximum absolute atomic E-state index is 13.7. The quantitative estimate of drug-likeness (QED) is 0.0416. The number of rotatable bonds is 12. The maximum atomic E-state index is 13.7. The Morgan fingerprint density at radius 2 is 0.738 bits per heavy atom. The molecule has 0 bridgehead atoms. The molecule has 0 aliphatic carbocycles. The first kappa shape index (κ1) is 111. The van der Waals surface area contributed by atoms with Crippen LogP contribution in [0.2, 0.25) is 10.0 Å². The van der Waals surface area contributed by atoms with Gasteiger partial charge in [-0.15, -0.1) is 6.42 Å². The smallest absolute Gasteiger partial charge is 0.368 e. The number of hydrogen-bond acceptors (Lipinski definition) is 22. The van der Waals surface area contributed by atoms with E-state index in [1.807, 2.05) is 38.0 Å². The standard InChI is InChI=1S/C24H22F6N6O.C24H18F6N6O.C19H10ClF6N5O.C13H9F3N4O.C7H3BrClF3.C5H9N.H2/c2*1-36(2)7-3-4-13-8-18(21(31-11-13)24(28,29)30)34-22-32-12-14-9-19(37)33-17-10-15(23(25,26)27)5-6-16(17)20(14)35-22;20-10-5-13(16(27-7-10)19(24,25)26)30-17-28-6-8-3-14(32)29-12-4-9(18(21,22)23)1-2-11(12)15(8)31-17;14-13(15,16)7-1-2-8-9(4-7)19-10(21)3-6-5-18-12(17)20-11(6)8;8-6-3-4(9)1-2-5(6)7(10,11)12;1-4-5-6(2)3;/h5-6,8,10-12H,3-4,7,9H2,1-2H3,(H,33,37)(H,32,34,35);5-6,8,10-12H,7,9H2,1-2H3,(H,33,37)(H,32,34,35);1-2,4-7H,3H2,(H,29,32)(H,28,30,31);1-2,4-5H,3H2,(H,19,21)(H2,17,18,20);1-3H;1H,5H2,2-3H3;1H. The molecule has 5 aromatic carbocycles. The Hall–Kier alpha value is -14.7. The lowest BCUT2D eigenvalue weighted by molar-refractivity contribution is -0.141. The molecule has 0 saturated carbocycles. The molecular formula is C92H73BrCl2F24N22O4. The Balaban J connectivity index is 0.000000190. The highest BCUT2D eigenvalue weighted by molar-refractivity contribution is 9.10. The number of nitrogens with one attached hydrogen (secondary N) is 7. The van der Waals surface area contributed by atoms with Gasteiger partial charge in [0.25, 0.3) is 0 Å². The zero-order valence-electron chi connectivity index (χ0n) is 75.1. The SMILES string of the molecule is C#CCN(C)C.CN(C)CC#Cc1cnc(C(F)(F)F)c(Nc2ncc3c(n2)-c2ccc(C(F)(F)F)cc2NC(=O)C3)c1.CN(C)CCCc1cnc(C(F)(F)F)c(Nc2ncc3c(n2)-c2ccc(C(F)(F)F)cc2NC(=O)C3)c1.FC(F)(F)c1ccc(Cl)cc1Br.Nc1ncc2c(n1)-c1ccc(C(F)(F)F)cc1NC(=O)C2.O=C1Cc2cnc(Nc3cc(Cl)cnc3C(F)(F)F)nc2-c2ccc(C(F)(F)F)cc2N1.[HH]. The normalized spacial score (nSPS) is 13.2. The van der Waals surface area contributed by atoms with Gasteiger partial charge in [0.1, 0.15) is 0 Å². The average Bonchev–Trinajstić information content (AvgIpc) is 1.57.